The normalized spacial score (nSPS) is 14.0. The lowest BCUT2D eigenvalue weighted by molar-refractivity contribution is -0.137. The third-order valence-corrected chi connectivity index (χ3v) is 8.85. The number of aliphatic hydroxyl groups is 2. The minimum absolute atomic E-state index is 0.0260. The molecule has 288 valence electrons. The molecule has 1 heterocycles. The molecule has 0 saturated carbocycles. The number of amides is 4. The van der Waals surface area contributed by atoms with Gasteiger partial charge in [0, 0.05) is 57.2 Å². The molecule has 1 aromatic rings. The fourth-order valence-corrected chi connectivity index (χ4v) is 5.83. The number of rotatable bonds is 28. The van der Waals surface area contributed by atoms with Crippen LogP contribution in [0.1, 0.15) is 114 Å². The summed E-state index contributed by atoms with van der Waals surface area (Å²) in [7, 11) is 0. The Bertz CT molecular complexity index is 1250. The van der Waals surface area contributed by atoms with Crippen LogP contribution in [-0.2, 0) is 36.8 Å². The number of carboxylic acid groups (broad SMARTS) is 1. The minimum atomic E-state index is -1.91. The zero-order chi connectivity index (χ0) is 37.4. The number of aryl methyl sites for hydroxylation is 1. The average Bonchev–Trinajstić information content (AvgIpc) is 3.50. The topological polar surface area (TPSA) is 248 Å². The first-order valence-corrected chi connectivity index (χ1v) is 18.6. The van der Waals surface area contributed by atoms with E-state index in [1.165, 1.54) is 25.7 Å². The largest absolute Gasteiger partial charge is 0.481 e. The van der Waals surface area contributed by atoms with Gasteiger partial charge in [0.05, 0.1) is 12.1 Å². The Hall–Kier alpha value is -3.79. The van der Waals surface area contributed by atoms with Crippen molar-refractivity contribution in [1.82, 2.24) is 31.6 Å². The fraction of sp³-hybridized carbons (Fsp3) is 0.694. The van der Waals surface area contributed by atoms with Gasteiger partial charge in [-0.2, -0.15) is 0 Å². The number of aromatic nitrogens is 1. The third kappa shape index (κ3) is 18.3. The van der Waals surface area contributed by atoms with E-state index in [0.29, 0.717) is 32.5 Å². The number of unbranched alkanes of at least 4 members (excludes halogenated alkanes) is 6. The van der Waals surface area contributed by atoms with Crippen molar-refractivity contribution < 1.29 is 39.3 Å². The lowest BCUT2D eigenvalue weighted by atomic mass is 9.97. The predicted molar refractivity (Wildman–Crippen MR) is 194 cm³/mol. The second kappa shape index (κ2) is 25.2. The van der Waals surface area contributed by atoms with Crippen LogP contribution in [-0.4, -0.2) is 100 Å². The summed E-state index contributed by atoms with van der Waals surface area (Å²) in [6, 6.07) is -2.98. The smallest absolute Gasteiger partial charge is 0.303 e. The summed E-state index contributed by atoms with van der Waals surface area (Å²) < 4.78 is 0. The van der Waals surface area contributed by atoms with Gasteiger partial charge in [-0.25, -0.2) is 0 Å². The average molecular weight is 720 g/mol. The molecule has 3 atom stereocenters. The highest BCUT2D eigenvalue weighted by atomic mass is 16.5. The number of hydrogen-bond acceptors (Lipinski definition) is 9. The third-order valence-electron chi connectivity index (χ3n) is 8.85. The van der Waals surface area contributed by atoms with Crippen LogP contribution in [0, 0.1) is 0 Å². The second-order valence-electron chi connectivity index (χ2n) is 13.2. The number of hydrogen-bond donors (Lipinski definition) is 10. The van der Waals surface area contributed by atoms with Crippen molar-refractivity contribution in [2.45, 2.75) is 134 Å². The van der Waals surface area contributed by atoms with Crippen molar-refractivity contribution in [3.05, 3.63) is 29.1 Å². The van der Waals surface area contributed by atoms with E-state index in [4.69, 9.17) is 10.8 Å². The number of nitrogens with one attached hydrogen (secondary N) is 6. The van der Waals surface area contributed by atoms with Gasteiger partial charge in [0.25, 0.3) is 0 Å². The predicted octanol–water partition coefficient (Wildman–Crippen LogP) is 1.12. The number of allylic oxidation sites excluding steroid dienone is 1. The Kier molecular flexibility index (Phi) is 21.4. The number of nitrogens with two attached hydrogens (primary N) is 1. The van der Waals surface area contributed by atoms with E-state index >= 15 is 0 Å². The molecule has 0 fully saturated rings. The number of aliphatic carboxylic acids is 1. The number of aromatic amines is 1. The van der Waals surface area contributed by atoms with Crippen molar-refractivity contribution in [2.75, 3.05) is 26.2 Å². The summed E-state index contributed by atoms with van der Waals surface area (Å²) in [6.45, 7) is 3.58. The number of aliphatic hydroxyl groups excluding tert-OH is 1. The van der Waals surface area contributed by atoms with Crippen LogP contribution >= 0.6 is 0 Å². The number of H-pyrrole nitrogens is 1. The molecule has 3 unspecified atom stereocenters. The summed E-state index contributed by atoms with van der Waals surface area (Å²) in [6.07, 6.45) is 14.6. The van der Waals surface area contributed by atoms with Crippen molar-refractivity contribution in [3.8, 4) is 0 Å². The van der Waals surface area contributed by atoms with Crippen molar-refractivity contribution in [1.29, 1.82) is 0 Å². The van der Waals surface area contributed by atoms with E-state index < -0.39 is 48.1 Å². The maximum Gasteiger partial charge on any atom is 0.303 e. The molecule has 1 aliphatic carbocycles. The maximum atomic E-state index is 13.4. The van der Waals surface area contributed by atoms with E-state index in [-0.39, 0.29) is 44.6 Å². The highest BCUT2D eigenvalue weighted by Crippen LogP contribution is 2.23. The van der Waals surface area contributed by atoms with E-state index in [9.17, 15) is 34.2 Å². The monoisotopic (exact) mass is 719 g/mol. The Morgan fingerprint density at radius 2 is 1.55 bits per heavy atom. The summed E-state index contributed by atoms with van der Waals surface area (Å²) in [4.78, 5) is 64.7. The number of fused-ring (bicyclic) bond motifs is 1. The van der Waals surface area contributed by atoms with Gasteiger partial charge >= 0.3 is 5.97 Å². The fourth-order valence-electron chi connectivity index (χ4n) is 5.83. The van der Waals surface area contributed by atoms with Crippen LogP contribution in [0.4, 0.5) is 0 Å². The maximum absolute atomic E-state index is 13.4. The van der Waals surface area contributed by atoms with Crippen molar-refractivity contribution in [2.24, 2.45) is 5.73 Å². The van der Waals surface area contributed by atoms with Gasteiger partial charge in [0.2, 0.25) is 23.6 Å². The zero-order valence-corrected chi connectivity index (χ0v) is 30.1. The molecular formula is C36H61N7O8. The highest BCUT2D eigenvalue weighted by molar-refractivity contribution is 5.90. The summed E-state index contributed by atoms with van der Waals surface area (Å²) in [5.74, 6) is -2.55. The van der Waals surface area contributed by atoms with E-state index in [1.807, 2.05) is 12.3 Å². The molecule has 1 aromatic heterocycles. The molecule has 51 heavy (non-hydrogen) atoms. The summed E-state index contributed by atoms with van der Waals surface area (Å²) in [5, 5.41) is 42.3. The quantitative estimate of drug-likeness (QED) is 0.0437. The van der Waals surface area contributed by atoms with E-state index in [2.05, 4.69) is 44.6 Å². The molecule has 0 aliphatic heterocycles. The van der Waals surface area contributed by atoms with Gasteiger partial charge in [-0.05, 0) is 56.2 Å². The Labute approximate surface area is 301 Å². The number of carbonyl (C=O) groups excluding carboxylic acids is 4. The number of carboxylic acids is 1. The van der Waals surface area contributed by atoms with Gasteiger partial charge in [0.15, 0.2) is 6.29 Å². The lowest BCUT2D eigenvalue weighted by Gasteiger charge is -2.23. The molecule has 0 radical (unpaired) electrons. The Morgan fingerprint density at radius 3 is 2.27 bits per heavy atom. The zero-order valence-electron chi connectivity index (χ0n) is 30.1. The molecule has 0 saturated heterocycles. The van der Waals surface area contributed by atoms with Crippen molar-refractivity contribution >= 4 is 35.7 Å². The van der Waals surface area contributed by atoms with E-state index in [0.717, 1.165) is 48.9 Å². The van der Waals surface area contributed by atoms with Crippen LogP contribution < -0.4 is 32.3 Å². The summed E-state index contributed by atoms with van der Waals surface area (Å²) >= 11 is 0. The van der Waals surface area contributed by atoms with E-state index in [1.54, 1.807) is 0 Å². The number of carbonyl (C=O) groups is 5. The molecule has 15 heteroatoms. The standard InChI is InChI=1S/C36H61N7O8/c1-2-3-4-5-6-7-8-14-31(44)39-22-21-38-19-17-27(37)34(48)43-30(23-25-24-41-28-13-10-9-12-26(25)28)35(49)40-20-18-29(36(50)51)42-32(45)15-11-16-33(46)47/h9,12,24,27,29-30,36,38,41,50-51H,2-8,10-11,13-23,37H2,1H3,(H,39,44)(H,40,49)(H,42,45)(H,43,48)(H,46,47). The second-order valence-corrected chi connectivity index (χ2v) is 13.2. The molecule has 1 aliphatic rings. The van der Waals surface area contributed by atoms with Gasteiger partial charge in [-0.1, -0.05) is 57.6 Å². The highest BCUT2D eigenvalue weighted by Gasteiger charge is 2.27. The molecule has 11 N–H and O–H groups in total. The first-order chi connectivity index (χ1) is 24.5. The molecule has 0 aromatic carbocycles. The van der Waals surface area contributed by atoms with Crippen LogP contribution in [0.15, 0.2) is 12.3 Å². The summed E-state index contributed by atoms with van der Waals surface area (Å²) in [5.41, 5.74) is 9.07. The van der Waals surface area contributed by atoms with Gasteiger partial charge in [0.1, 0.15) is 6.04 Å². The molecule has 4 amide bonds. The van der Waals surface area contributed by atoms with Gasteiger partial charge in [-0.3, -0.25) is 24.0 Å². The minimum Gasteiger partial charge on any atom is -0.481 e. The first-order valence-electron chi connectivity index (χ1n) is 18.6. The molecular weight excluding hydrogens is 658 g/mol. The van der Waals surface area contributed by atoms with Gasteiger partial charge in [-0.15, -0.1) is 0 Å². The molecule has 0 spiro atoms. The van der Waals surface area contributed by atoms with Crippen molar-refractivity contribution in [3.63, 3.8) is 0 Å². The van der Waals surface area contributed by atoms with Crippen LogP contribution in [0.5, 0.6) is 0 Å². The molecule has 15 nitrogen and oxygen atoms in total. The Balaban J connectivity index is 1.83. The SMILES string of the molecule is CCCCCCCCCC(=O)NCCNCCC(N)C(=O)NC(Cc1c[nH]c2c1C=CCC2)C(=O)NCCC(NC(=O)CCCC(=O)O)C(O)O. The first kappa shape index (κ1) is 43.4. The van der Waals surface area contributed by atoms with Crippen LogP contribution in [0.2, 0.25) is 0 Å². The van der Waals surface area contributed by atoms with Crippen LogP contribution in [0.25, 0.3) is 6.08 Å². The van der Waals surface area contributed by atoms with Crippen LogP contribution in [0.3, 0.4) is 0 Å². The van der Waals surface area contributed by atoms with Gasteiger partial charge < -0.3 is 52.6 Å². The molecule has 2 rings (SSSR count). The molecule has 0 bridgehead atoms. The Morgan fingerprint density at radius 1 is 0.824 bits per heavy atom. The lowest BCUT2D eigenvalue weighted by Crippen LogP contribution is -2.53.